The van der Waals surface area contributed by atoms with E-state index in [-0.39, 0.29) is 0 Å². The third-order valence-electron chi connectivity index (χ3n) is 2.28. The monoisotopic (exact) mass is 143 g/mol. The molecule has 0 aromatic rings. The van der Waals surface area contributed by atoms with Crippen LogP contribution < -0.4 is 5.32 Å². The van der Waals surface area contributed by atoms with Crippen LogP contribution in [0.25, 0.3) is 0 Å². The van der Waals surface area contributed by atoms with Gasteiger partial charge in [-0.15, -0.1) is 0 Å². The lowest BCUT2D eigenvalue weighted by Crippen LogP contribution is -2.20. The van der Waals surface area contributed by atoms with E-state index in [9.17, 15) is 0 Å². The predicted molar refractivity (Wildman–Crippen MR) is 43.5 cm³/mol. The lowest BCUT2D eigenvalue weighted by atomic mass is 9.83. The zero-order chi connectivity index (χ0) is 7.07. The topological polar surface area (TPSA) is 12.0 Å². The molecule has 1 aliphatic rings. The van der Waals surface area contributed by atoms with E-state index in [1.165, 1.54) is 0 Å². The average molecular weight is 143 g/mol. The molecule has 1 saturated heterocycles. The van der Waals surface area contributed by atoms with E-state index in [1.807, 2.05) is 0 Å². The van der Waals surface area contributed by atoms with Gasteiger partial charge in [-0.2, -0.15) is 0 Å². The Balaban J connectivity index is 2.73. The third-order valence-corrected chi connectivity index (χ3v) is 2.78. The zero-order valence-electron chi connectivity index (χ0n) is 6.19. The van der Waals surface area contributed by atoms with Crippen molar-refractivity contribution in [3.8, 4) is 0 Å². The predicted octanol–water partition coefficient (Wildman–Crippen LogP) is 1.58. The molecule has 52 valence electrons. The van der Waals surface area contributed by atoms with Crippen molar-refractivity contribution < 1.29 is 0 Å². The van der Waals surface area contributed by atoms with E-state index in [1.54, 1.807) is 0 Å². The van der Waals surface area contributed by atoms with Crippen LogP contribution in [-0.4, -0.2) is 11.5 Å². The molecule has 2 heteroatoms. The summed E-state index contributed by atoms with van der Waals surface area (Å²) in [6, 6.07) is 0. The van der Waals surface area contributed by atoms with Crippen LogP contribution in [0.1, 0.15) is 20.8 Å². The van der Waals surface area contributed by atoms with Gasteiger partial charge in [0, 0.05) is 12.5 Å². The van der Waals surface area contributed by atoms with Crippen LogP contribution in [0.5, 0.6) is 0 Å². The van der Waals surface area contributed by atoms with Gasteiger partial charge in [0.1, 0.15) is 0 Å². The minimum Gasteiger partial charge on any atom is -0.379 e. The molecule has 0 saturated carbocycles. The minimum atomic E-state index is 0.372. The second kappa shape index (κ2) is 1.94. The maximum atomic E-state index is 5.08. The molecule has 1 aliphatic heterocycles. The summed E-state index contributed by atoms with van der Waals surface area (Å²) in [6.07, 6.45) is 0. The van der Waals surface area contributed by atoms with Crippen LogP contribution >= 0.6 is 12.2 Å². The summed E-state index contributed by atoms with van der Waals surface area (Å²) >= 11 is 5.08. The number of nitrogens with one attached hydrogen (secondary N) is 1. The first-order valence-electron chi connectivity index (χ1n) is 3.32. The summed E-state index contributed by atoms with van der Waals surface area (Å²) in [6.45, 7) is 7.70. The van der Waals surface area contributed by atoms with Crippen molar-refractivity contribution in [3.05, 3.63) is 0 Å². The van der Waals surface area contributed by atoms with Gasteiger partial charge < -0.3 is 5.32 Å². The summed E-state index contributed by atoms with van der Waals surface area (Å²) in [7, 11) is 0. The Hall–Kier alpha value is -0.110. The molecule has 1 heterocycles. The number of rotatable bonds is 0. The fourth-order valence-electron chi connectivity index (χ4n) is 0.976. The van der Waals surface area contributed by atoms with Gasteiger partial charge in [-0.05, 0) is 5.41 Å². The summed E-state index contributed by atoms with van der Waals surface area (Å²) in [4.78, 5) is 1.03. The Labute approximate surface area is 61.8 Å². The van der Waals surface area contributed by atoms with Crippen molar-refractivity contribution in [1.82, 2.24) is 5.32 Å². The molecule has 0 aliphatic carbocycles. The van der Waals surface area contributed by atoms with Gasteiger partial charge in [0.05, 0.1) is 4.99 Å². The van der Waals surface area contributed by atoms with E-state index in [0.717, 1.165) is 11.5 Å². The molecular weight excluding hydrogens is 130 g/mol. The van der Waals surface area contributed by atoms with Crippen LogP contribution in [-0.2, 0) is 0 Å². The van der Waals surface area contributed by atoms with Crippen molar-refractivity contribution in [1.29, 1.82) is 0 Å². The third kappa shape index (κ3) is 1.08. The molecule has 0 bridgehead atoms. The lowest BCUT2D eigenvalue weighted by molar-refractivity contribution is 0.336. The second-order valence-corrected chi connectivity index (χ2v) is 3.87. The van der Waals surface area contributed by atoms with Gasteiger partial charge in [0.2, 0.25) is 0 Å². The van der Waals surface area contributed by atoms with E-state index in [4.69, 9.17) is 12.2 Å². The van der Waals surface area contributed by atoms with Gasteiger partial charge >= 0.3 is 0 Å². The molecule has 1 rings (SSSR count). The van der Waals surface area contributed by atoms with Crippen molar-refractivity contribution in [2.75, 3.05) is 6.54 Å². The van der Waals surface area contributed by atoms with Gasteiger partial charge in [-0.3, -0.25) is 0 Å². The molecule has 1 N–H and O–H groups in total. The van der Waals surface area contributed by atoms with E-state index in [0.29, 0.717) is 11.3 Å². The molecule has 9 heavy (non-hydrogen) atoms. The summed E-state index contributed by atoms with van der Waals surface area (Å²) in [5.41, 5.74) is 0.372. The minimum absolute atomic E-state index is 0.372. The van der Waals surface area contributed by atoms with Gasteiger partial charge in [0.25, 0.3) is 0 Å². The second-order valence-electron chi connectivity index (χ2n) is 3.43. The molecule has 1 atom stereocenters. The summed E-state index contributed by atoms with van der Waals surface area (Å²) < 4.78 is 0. The SMILES string of the molecule is CC1C(=S)NCC1(C)C. The Morgan fingerprint density at radius 1 is 1.67 bits per heavy atom. The van der Waals surface area contributed by atoms with Gasteiger partial charge in [-0.1, -0.05) is 33.0 Å². The highest BCUT2D eigenvalue weighted by Gasteiger charge is 2.34. The molecule has 0 aromatic carbocycles. The molecule has 0 aromatic heterocycles. The quantitative estimate of drug-likeness (QED) is 0.517. The molecule has 0 spiro atoms. The number of thiocarbonyl (C=S) groups is 1. The van der Waals surface area contributed by atoms with E-state index < -0.39 is 0 Å². The van der Waals surface area contributed by atoms with Crippen molar-refractivity contribution >= 4 is 17.2 Å². The standard InChI is InChI=1S/C7H13NS/c1-5-6(9)8-4-7(5,2)3/h5H,4H2,1-3H3,(H,8,9). The van der Waals surface area contributed by atoms with Crippen molar-refractivity contribution in [2.24, 2.45) is 11.3 Å². The van der Waals surface area contributed by atoms with Crippen LogP contribution in [0.3, 0.4) is 0 Å². The van der Waals surface area contributed by atoms with Crippen molar-refractivity contribution in [3.63, 3.8) is 0 Å². The first-order chi connectivity index (χ1) is 4.04. The van der Waals surface area contributed by atoms with E-state index >= 15 is 0 Å². The highest BCUT2D eigenvalue weighted by molar-refractivity contribution is 7.80. The highest BCUT2D eigenvalue weighted by Crippen LogP contribution is 2.30. The highest BCUT2D eigenvalue weighted by atomic mass is 32.1. The number of hydrogen-bond acceptors (Lipinski definition) is 1. The maximum absolute atomic E-state index is 5.08. The normalized spacial score (nSPS) is 32.3. The fraction of sp³-hybridized carbons (Fsp3) is 0.857. The molecule has 1 fully saturated rings. The first-order valence-corrected chi connectivity index (χ1v) is 3.72. The largest absolute Gasteiger partial charge is 0.379 e. The number of hydrogen-bond donors (Lipinski definition) is 1. The maximum Gasteiger partial charge on any atom is 0.0788 e. The molecule has 0 amide bonds. The molecule has 1 nitrogen and oxygen atoms in total. The smallest absolute Gasteiger partial charge is 0.0788 e. The molecule has 1 unspecified atom stereocenters. The van der Waals surface area contributed by atoms with Crippen LogP contribution in [0.2, 0.25) is 0 Å². The van der Waals surface area contributed by atoms with Gasteiger partial charge in [0.15, 0.2) is 0 Å². The van der Waals surface area contributed by atoms with Gasteiger partial charge in [-0.25, -0.2) is 0 Å². The zero-order valence-corrected chi connectivity index (χ0v) is 7.01. The Kier molecular flexibility index (Phi) is 1.51. The average Bonchev–Trinajstić information content (AvgIpc) is 1.97. The Morgan fingerprint density at radius 2 is 2.22 bits per heavy atom. The Bertz CT molecular complexity index is 140. The summed E-state index contributed by atoms with van der Waals surface area (Å²) in [5.74, 6) is 0.549. The van der Waals surface area contributed by atoms with E-state index in [2.05, 4.69) is 26.1 Å². The fourth-order valence-corrected chi connectivity index (χ4v) is 1.37. The first kappa shape index (κ1) is 7.00. The van der Waals surface area contributed by atoms with Crippen LogP contribution in [0.4, 0.5) is 0 Å². The molecule has 0 radical (unpaired) electrons. The lowest BCUT2D eigenvalue weighted by Gasteiger charge is -2.20. The van der Waals surface area contributed by atoms with Crippen LogP contribution in [0.15, 0.2) is 0 Å². The van der Waals surface area contributed by atoms with Crippen molar-refractivity contribution in [2.45, 2.75) is 20.8 Å². The van der Waals surface area contributed by atoms with Crippen LogP contribution in [0, 0.1) is 11.3 Å². The summed E-state index contributed by atoms with van der Waals surface area (Å²) in [5, 5.41) is 3.19. The Morgan fingerprint density at radius 3 is 2.33 bits per heavy atom. The molecular formula is C7H13NS.